The van der Waals surface area contributed by atoms with Gasteiger partial charge < -0.3 is 9.84 Å². The molecule has 1 aromatic carbocycles. The third-order valence-corrected chi connectivity index (χ3v) is 3.79. The molecule has 0 saturated heterocycles. The molecule has 0 spiro atoms. The summed E-state index contributed by atoms with van der Waals surface area (Å²) in [5.74, 6) is -1.76. The number of carboxylic acids is 1. The van der Waals surface area contributed by atoms with Gasteiger partial charge in [0.25, 0.3) is 0 Å². The molecule has 19 heavy (non-hydrogen) atoms. The van der Waals surface area contributed by atoms with Gasteiger partial charge in [-0.3, -0.25) is 9.52 Å². The number of carbonyl (C=O) groups is 1. The number of carboxylic acid groups (broad SMARTS) is 1. The number of hydrogen-bond acceptors (Lipinski definition) is 4. The van der Waals surface area contributed by atoms with Gasteiger partial charge >= 0.3 is 12.6 Å². The monoisotopic (exact) mass is 295 g/mol. The predicted molar refractivity (Wildman–Crippen MR) is 62.7 cm³/mol. The van der Waals surface area contributed by atoms with E-state index in [1.807, 2.05) is 4.72 Å². The Balaban J connectivity index is 2.91. The second kappa shape index (κ2) is 5.83. The fraction of sp³-hybridized carbons (Fsp3) is 0.300. The van der Waals surface area contributed by atoms with Crippen molar-refractivity contribution in [2.75, 3.05) is 4.72 Å². The van der Waals surface area contributed by atoms with Gasteiger partial charge in [0.05, 0.1) is 5.69 Å². The Labute approximate surface area is 108 Å². The van der Waals surface area contributed by atoms with Crippen LogP contribution in [0, 0.1) is 0 Å². The van der Waals surface area contributed by atoms with Crippen molar-refractivity contribution in [2.45, 2.75) is 18.8 Å². The number of nitrogens with one attached hydrogen (secondary N) is 1. The van der Waals surface area contributed by atoms with E-state index in [1.165, 1.54) is 18.2 Å². The first-order chi connectivity index (χ1) is 8.72. The Morgan fingerprint density at radius 3 is 2.58 bits per heavy atom. The number of anilines is 1. The van der Waals surface area contributed by atoms with Gasteiger partial charge in [0, 0.05) is 6.07 Å². The molecule has 1 rings (SSSR count). The zero-order valence-corrected chi connectivity index (χ0v) is 10.5. The summed E-state index contributed by atoms with van der Waals surface area (Å²) in [5.41, 5.74) is -0.0637. The standard InChI is InChI=1S/C10H11F2NO5S/c1-6(9(14)15)19(16,17)13-7-3-2-4-8(5-7)18-10(11)12/h2-6,10,13H,1H3,(H,14,15). The lowest BCUT2D eigenvalue weighted by atomic mass is 10.3. The molecule has 1 atom stereocenters. The molecule has 2 N–H and O–H groups in total. The minimum absolute atomic E-state index is 0.0637. The van der Waals surface area contributed by atoms with E-state index in [4.69, 9.17) is 5.11 Å². The van der Waals surface area contributed by atoms with E-state index in [9.17, 15) is 22.0 Å². The zero-order chi connectivity index (χ0) is 14.6. The highest BCUT2D eigenvalue weighted by atomic mass is 32.2. The van der Waals surface area contributed by atoms with Crippen molar-refractivity contribution in [3.63, 3.8) is 0 Å². The van der Waals surface area contributed by atoms with Crippen LogP contribution in [0.4, 0.5) is 14.5 Å². The van der Waals surface area contributed by atoms with Crippen molar-refractivity contribution in [1.82, 2.24) is 0 Å². The van der Waals surface area contributed by atoms with Crippen molar-refractivity contribution in [2.24, 2.45) is 0 Å². The first kappa shape index (κ1) is 15.2. The van der Waals surface area contributed by atoms with Crippen molar-refractivity contribution < 1.29 is 31.8 Å². The number of sulfonamides is 1. The fourth-order valence-corrected chi connectivity index (χ4v) is 2.02. The van der Waals surface area contributed by atoms with Crippen LogP contribution in [0.2, 0.25) is 0 Å². The van der Waals surface area contributed by atoms with Crippen LogP contribution in [0.25, 0.3) is 0 Å². The van der Waals surface area contributed by atoms with E-state index >= 15 is 0 Å². The molecule has 106 valence electrons. The lowest BCUT2D eigenvalue weighted by molar-refractivity contribution is -0.136. The minimum Gasteiger partial charge on any atom is -0.480 e. The van der Waals surface area contributed by atoms with Gasteiger partial charge in [-0.1, -0.05) is 6.07 Å². The van der Waals surface area contributed by atoms with Crippen LogP contribution in [0.5, 0.6) is 5.75 Å². The van der Waals surface area contributed by atoms with Crippen molar-refractivity contribution >= 4 is 21.7 Å². The Hall–Kier alpha value is -1.90. The maximum absolute atomic E-state index is 12.0. The summed E-state index contributed by atoms with van der Waals surface area (Å²) in [4.78, 5) is 10.6. The third-order valence-electron chi connectivity index (χ3n) is 2.13. The van der Waals surface area contributed by atoms with E-state index < -0.39 is 27.9 Å². The van der Waals surface area contributed by atoms with Gasteiger partial charge in [0.15, 0.2) is 5.25 Å². The third kappa shape index (κ3) is 4.36. The number of aliphatic carboxylic acids is 1. The summed E-state index contributed by atoms with van der Waals surface area (Å²) >= 11 is 0. The summed E-state index contributed by atoms with van der Waals surface area (Å²) < 4.78 is 53.2. The molecular weight excluding hydrogens is 284 g/mol. The van der Waals surface area contributed by atoms with Crippen LogP contribution < -0.4 is 9.46 Å². The summed E-state index contributed by atoms with van der Waals surface area (Å²) in [7, 11) is -4.15. The number of halogens is 2. The smallest absolute Gasteiger partial charge is 0.387 e. The number of alkyl halides is 2. The molecule has 0 radical (unpaired) electrons. The summed E-state index contributed by atoms with van der Waals surface area (Å²) in [5, 5.41) is 6.95. The summed E-state index contributed by atoms with van der Waals surface area (Å²) in [6.45, 7) is -2.05. The molecule has 0 saturated carbocycles. The minimum atomic E-state index is -4.15. The molecule has 0 fully saturated rings. The van der Waals surface area contributed by atoms with Crippen LogP contribution in [0.1, 0.15) is 6.92 Å². The molecule has 1 aromatic rings. The fourth-order valence-electron chi connectivity index (χ4n) is 1.12. The van der Waals surface area contributed by atoms with E-state index in [2.05, 4.69) is 4.74 Å². The highest BCUT2D eigenvalue weighted by Gasteiger charge is 2.27. The second-order valence-corrected chi connectivity index (χ2v) is 5.54. The number of rotatable bonds is 6. The first-order valence-corrected chi connectivity index (χ1v) is 6.56. The maximum Gasteiger partial charge on any atom is 0.387 e. The van der Waals surface area contributed by atoms with Crippen molar-refractivity contribution in [1.29, 1.82) is 0 Å². The molecule has 9 heteroatoms. The SMILES string of the molecule is CC(C(=O)O)S(=O)(=O)Nc1cccc(OC(F)F)c1. The van der Waals surface area contributed by atoms with Gasteiger partial charge in [-0.25, -0.2) is 8.42 Å². The Morgan fingerprint density at radius 2 is 2.05 bits per heavy atom. The average molecular weight is 295 g/mol. The lowest BCUT2D eigenvalue weighted by Gasteiger charge is -2.12. The molecule has 6 nitrogen and oxygen atoms in total. The molecule has 1 unspecified atom stereocenters. The largest absolute Gasteiger partial charge is 0.480 e. The lowest BCUT2D eigenvalue weighted by Crippen LogP contribution is -2.32. The number of ether oxygens (including phenoxy) is 1. The maximum atomic E-state index is 12.0. The van der Waals surface area contributed by atoms with E-state index in [0.717, 1.165) is 13.0 Å². The topological polar surface area (TPSA) is 92.7 Å². The van der Waals surface area contributed by atoms with Gasteiger partial charge in [0.1, 0.15) is 5.75 Å². The molecule has 0 aromatic heterocycles. The Kier molecular flexibility index (Phi) is 4.65. The highest BCUT2D eigenvalue weighted by Crippen LogP contribution is 2.21. The van der Waals surface area contributed by atoms with Gasteiger partial charge in [-0.15, -0.1) is 0 Å². The quantitative estimate of drug-likeness (QED) is 0.829. The van der Waals surface area contributed by atoms with Crippen molar-refractivity contribution in [3.8, 4) is 5.75 Å². The van der Waals surface area contributed by atoms with Gasteiger partial charge in [-0.2, -0.15) is 8.78 Å². The van der Waals surface area contributed by atoms with E-state index in [-0.39, 0.29) is 11.4 Å². The van der Waals surface area contributed by atoms with Crippen LogP contribution >= 0.6 is 0 Å². The molecule has 0 aliphatic carbocycles. The van der Waals surface area contributed by atoms with Gasteiger partial charge in [0.2, 0.25) is 10.0 Å². The summed E-state index contributed by atoms with van der Waals surface area (Å²) in [6, 6.07) is 4.81. The van der Waals surface area contributed by atoms with Crippen LogP contribution in [-0.4, -0.2) is 31.4 Å². The van der Waals surface area contributed by atoms with Crippen LogP contribution in [0.15, 0.2) is 24.3 Å². The average Bonchev–Trinajstić information content (AvgIpc) is 2.26. The molecule has 0 aliphatic heterocycles. The van der Waals surface area contributed by atoms with Crippen molar-refractivity contribution in [3.05, 3.63) is 24.3 Å². The van der Waals surface area contributed by atoms with E-state index in [1.54, 1.807) is 0 Å². The first-order valence-electron chi connectivity index (χ1n) is 5.01. The van der Waals surface area contributed by atoms with Crippen LogP contribution in [-0.2, 0) is 14.8 Å². The normalized spacial score (nSPS) is 13.1. The highest BCUT2D eigenvalue weighted by molar-refractivity contribution is 7.94. The number of hydrogen-bond donors (Lipinski definition) is 2. The molecular formula is C10H11F2NO5S. The second-order valence-electron chi connectivity index (χ2n) is 3.53. The summed E-state index contributed by atoms with van der Waals surface area (Å²) in [6.07, 6.45) is 0. The molecule has 0 heterocycles. The Bertz CT molecular complexity index is 561. The number of benzene rings is 1. The Morgan fingerprint density at radius 1 is 1.42 bits per heavy atom. The molecule has 0 bridgehead atoms. The zero-order valence-electron chi connectivity index (χ0n) is 9.71. The van der Waals surface area contributed by atoms with Gasteiger partial charge in [-0.05, 0) is 19.1 Å². The van der Waals surface area contributed by atoms with Crippen LogP contribution in [0.3, 0.4) is 0 Å². The predicted octanol–water partition coefficient (Wildman–Crippen LogP) is 1.50. The molecule has 0 amide bonds. The molecule has 0 aliphatic rings. The van der Waals surface area contributed by atoms with E-state index in [0.29, 0.717) is 0 Å².